The number of hydrogen-bond acceptors (Lipinski definition) is 3. The number of hydrogen-bond donors (Lipinski definition) is 1. The molecule has 0 radical (unpaired) electrons. The molecule has 0 saturated heterocycles. The third-order valence-electron chi connectivity index (χ3n) is 1.65. The number of rotatable bonds is 4. The predicted octanol–water partition coefficient (Wildman–Crippen LogP) is 2.07. The summed E-state index contributed by atoms with van der Waals surface area (Å²) in [6.07, 6.45) is 0. The first-order valence-corrected chi connectivity index (χ1v) is 4.65. The lowest BCUT2D eigenvalue weighted by Gasteiger charge is -2.00. The second-order valence-electron chi connectivity index (χ2n) is 2.74. The van der Waals surface area contributed by atoms with Crippen LogP contribution in [0.3, 0.4) is 0 Å². The summed E-state index contributed by atoms with van der Waals surface area (Å²) >= 11 is 5.74. The third kappa shape index (κ3) is 3.36. The number of aliphatic hydroxyl groups is 1. The van der Waals surface area contributed by atoms with Gasteiger partial charge in [0.15, 0.2) is 0 Å². The van der Waals surface area contributed by atoms with Crippen LogP contribution in [0.15, 0.2) is 29.4 Å². The molecule has 0 bridgehead atoms. The second-order valence-corrected chi connectivity index (χ2v) is 3.18. The van der Waals surface area contributed by atoms with Crippen LogP contribution in [-0.4, -0.2) is 24.0 Å². The van der Waals surface area contributed by atoms with Crippen molar-refractivity contribution in [1.29, 1.82) is 0 Å². The van der Waals surface area contributed by atoms with E-state index in [0.29, 0.717) is 5.02 Å². The van der Waals surface area contributed by atoms with Gasteiger partial charge in [0.2, 0.25) is 0 Å². The normalized spacial score (nSPS) is 11.5. The molecule has 0 spiro atoms. The molecule has 0 saturated carbocycles. The highest BCUT2D eigenvalue weighted by Gasteiger charge is 1.97. The van der Waals surface area contributed by atoms with Crippen molar-refractivity contribution < 1.29 is 9.94 Å². The maximum Gasteiger partial charge on any atom is 0.140 e. The largest absolute Gasteiger partial charge is 0.393 e. The molecule has 76 valence electrons. The quantitative estimate of drug-likeness (QED) is 0.473. The molecule has 1 N–H and O–H groups in total. The van der Waals surface area contributed by atoms with Crippen LogP contribution in [0.2, 0.25) is 5.02 Å². The maximum absolute atomic E-state index is 8.47. The Morgan fingerprint density at radius 2 is 2.07 bits per heavy atom. The van der Waals surface area contributed by atoms with E-state index in [2.05, 4.69) is 5.16 Å². The van der Waals surface area contributed by atoms with Gasteiger partial charge < -0.3 is 9.94 Å². The molecule has 0 heterocycles. The molecular formula is C10H12ClNO2. The Labute approximate surface area is 88.0 Å². The average molecular weight is 214 g/mol. The topological polar surface area (TPSA) is 41.8 Å². The van der Waals surface area contributed by atoms with Crippen molar-refractivity contribution in [3.05, 3.63) is 34.9 Å². The highest BCUT2D eigenvalue weighted by molar-refractivity contribution is 6.30. The molecule has 0 aliphatic heterocycles. The number of halogens is 1. The smallest absolute Gasteiger partial charge is 0.140 e. The molecule has 0 aliphatic rings. The van der Waals surface area contributed by atoms with Crippen LogP contribution in [0.4, 0.5) is 0 Å². The van der Waals surface area contributed by atoms with Crippen LogP contribution < -0.4 is 0 Å². The molecule has 14 heavy (non-hydrogen) atoms. The van der Waals surface area contributed by atoms with Crippen molar-refractivity contribution >= 4 is 17.3 Å². The van der Waals surface area contributed by atoms with Gasteiger partial charge in [-0.1, -0.05) is 28.9 Å². The summed E-state index contributed by atoms with van der Waals surface area (Å²) in [5.74, 6) is 0. The van der Waals surface area contributed by atoms with Gasteiger partial charge in [-0.3, -0.25) is 0 Å². The van der Waals surface area contributed by atoms with Gasteiger partial charge >= 0.3 is 0 Å². The van der Waals surface area contributed by atoms with E-state index < -0.39 is 0 Å². The van der Waals surface area contributed by atoms with Crippen LogP contribution >= 0.6 is 11.6 Å². The van der Waals surface area contributed by atoms with Crippen LogP contribution in [-0.2, 0) is 4.84 Å². The lowest BCUT2D eigenvalue weighted by Crippen LogP contribution is -1.99. The fourth-order valence-corrected chi connectivity index (χ4v) is 1.05. The zero-order valence-electron chi connectivity index (χ0n) is 7.90. The summed E-state index contributed by atoms with van der Waals surface area (Å²) in [5, 5.41) is 13.0. The number of oxime groups is 1. The Bertz CT molecular complexity index is 308. The highest BCUT2D eigenvalue weighted by atomic mass is 35.5. The number of benzene rings is 1. The van der Waals surface area contributed by atoms with Gasteiger partial charge in [-0.05, 0) is 24.6 Å². The van der Waals surface area contributed by atoms with Gasteiger partial charge in [-0.25, -0.2) is 0 Å². The lowest BCUT2D eigenvalue weighted by molar-refractivity contribution is 0.0986. The molecule has 0 unspecified atom stereocenters. The molecule has 0 amide bonds. The molecule has 1 rings (SSSR count). The molecule has 0 aliphatic carbocycles. The predicted molar refractivity (Wildman–Crippen MR) is 56.7 cm³/mol. The van der Waals surface area contributed by atoms with E-state index in [9.17, 15) is 0 Å². The summed E-state index contributed by atoms with van der Waals surface area (Å²) in [7, 11) is 0. The molecule has 3 nitrogen and oxygen atoms in total. The first-order chi connectivity index (χ1) is 6.74. The van der Waals surface area contributed by atoms with Crippen molar-refractivity contribution in [1.82, 2.24) is 0 Å². The van der Waals surface area contributed by atoms with Crippen molar-refractivity contribution in [2.24, 2.45) is 5.16 Å². The van der Waals surface area contributed by atoms with Gasteiger partial charge in [0.25, 0.3) is 0 Å². The summed E-state index contributed by atoms with van der Waals surface area (Å²) in [6, 6.07) is 7.32. The molecule has 0 atom stereocenters. The molecular weight excluding hydrogens is 202 g/mol. The zero-order valence-corrected chi connectivity index (χ0v) is 8.66. The fourth-order valence-electron chi connectivity index (χ4n) is 0.927. The van der Waals surface area contributed by atoms with Crippen molar-refractivity contribution in [3.8, 4) is 0 Å². The summed E-state index contributed by atoms with van der Waals surface area (Å²) in [4.78, 5) is 4.83. The van der Waals surface area contributed by atoms with Crippen LogP contribution in [0.25, 0.3) is 0 Å². The first kappa shape index (κ1) is 11.0. The van der Waals surface area contributed by atoms with Crippen molar-refractivity contribution in [3.63, 3.8) is 0 Å². The summed E-state index contributed by atoms with van der Waals surface area (Å²) in [6.45, 7) is 2.02. The molecule has 1 aromatic carbocycles. The van der Waals surface area contributed by atoms with E-state index in [1.165, 1.54) is 0 Å². The molecule has 0 aromatic heterocycles. The van der Waals surface area contributed by atoms with E-state index in [1.54, 1.807) is 12.1 Å². The van der Waals surface area contributed by atoms with E-state index in [-0.39, 0.29) is 13.2 Å². The van der Waals surface area contributed by atoms with Gasteiger partial charge in [-0.15, -0.1) is 0 Å². The Morgan fingerprint density at radius 1 is 1.43 bits per heavy atom. The minimum atomic E-state index is -0.0304. The van der Waals surface area contributed by atoms with Crippen LogP contribution in [0, 0.1) is 0 Å². The molecule has 0 fully saturated rings. The van der Waals surface area contributed by atoms with Crippen LogP contribution in [0.1, 0.15) is 12.5 Å². The van der Waals surface area contributed by atoms with E-state index in [4.69, 9.17) is 21.5 Å². The standard InChI is InChI=1S/C10H12ClNO2/c1-8(12-14-7-6-13)9-2-4-10(11)5-3-9/h2-5,13H,6-7H2,1H3/b12-8+. The Morgan fingerprint density at radius 3 is 2.64 bits per heavy atom. The highest BCUT2D eigenvalue weighted by Crippen LogP contribution is 2.10. The van der Waals surface area contributed by atoms with Crippen molar-refractivity contribution in [2.45, 2.75) is 6.92 Å². The SMILES string of the molecule is C/C(=N\OCCO)c1ccc(Cl)cc1. The second kappa shape index (κ2) is 5.62. The number of aliphatic hydroxyl groups excluding tert-OH is 1. The van der Waals surface area contributed by atoms with Crippen molar-refractivity contribution in [2.75, 3.05) is 13.2 Å². The monoisotopic (exact) mass is 213 g/mol. The lowest BCUT2D eigenvalue weighted by atomic mass is 10.1. The van der Waals surface area contributed by atoms with E-state index in [0.717, 1.165) is 11.3 Å². The average Bonchev–Trinajstić information content (AvgIpc) is 2.19. The minimum absolute atomic E-state index is 0.0304. The molecule has 1 aromatic rings. The Kier molecular flexibility index (Phi) is 4.43. The third-order valence-corrected chi connectivity index (χ3v) is 1.90. The summed E-state index contributed by atoms with van der Waals surface area (Å²) < 4.78 is 0. The Balaban J connectivity index is 2.64. The first-order valence-electron chi connectivity index (χ1n) is 4.27. The Hall–Kier alpha value is -1.06. The molecule has 4 heteroatoms. The zero-order chi connectivity index (χ0) is 10.4. The van der Waals surface area contributed by atoms with Gasteiger partial charge in [-0.2, -0.15) is 0 Å². The summed E-state index contributed by atoms with van der Waals surface area (Å²) in [5.41, 5.74) is 1.71. The van der Waals surface area contributed by atoms with E-state index in [1.807, 2.05) is 19.1 Å². The van der Waals surface area contributed by atoms with Crippen LogP contribution in [0.5, 0.6) is 0 Å². The van der Waals surface area contributed by atoms with Gasteiger partial charge in [0, 0.05) is 5.02 Å². The fraction of sp³-hybridized carbons (Fsp3) is 0.300. The maximum atomic E-state index is 8.47. The van der Waals surface area contributed by atoms with E-state index >= 15 is 0 Å². The van der Waals surface area contributed by atoms with Gasteiger partial charge in [0.1, 0.15) is 6.61 Å². The minimum Gasteiger partial charge on any atom is -0.393 e. The van der Waals surface area contributed by atoms with Gasteiger partial charge in [0.05, 0.1) is 12.3 Å². The number of nitrogens with zero attached hydrogens (tertiary/aromatic N) is 1.